The average molecular weight is 393 g/mol. The van der Waals surface area contributed by atoms with Gasteiger partial charge in [-0.2, -0.15) is 0 Å². The minimum atomic E-state index is 0.00611. The van der Waals surface area contributed by atoms with Crippen molar-refractivity contribution in [1.29, 1.82) is 0 Å². The molecule has 0 N–H and O–H groups in total. The van der Waals surface area contributed by atoms with Crippen LogP contribution >= 0.6 is 11.8 Å². The molecule has 0 unspecified atom stereocenters. The smallest absolute Gasteiger partial charge is 0.262 e. The second kappa shape index (κ2) is 7.80. The van der Waals surface area contributed by atoms with Gasteiger partial charge in [0.15, 0.2) is 5.16 Å². The molecule has 0 aliphatic carbocycles. The minimum Gasteiger partial charge on any atom is -0.276 e. The number of thioether (sulfide) groups is 1. The van der Waals surface area contributed by atoms with E-state index in [2.05, 4.69) is 55.2 Å². The molecule has 4 rings (SSSR count). The second-order valence-corrected chi connectivity index (χ2v) is 8.43. The number of nitrogens with zero attached hydrogens (tertiary/aromatic N) is 4. The van der Waals surface area contributed by atoms with Gasteiger partial charge < -0.3 is 0 Å². The van der Waals surface area contributed by atoms with Crippen molar-refractivity contribution >= 4 is 28.4 Å². The van der Waals surface area contributed by atoms with Crippen LogP contribution in [-0.4, -0.2) is 19.2 Å². The molecule has 2 heterocycles. The fourth-order valence-corrected chi connectivity index (χ4v) is 4.35. The van der Waals surface area contributed by atoms with Gasteiger partial charge in [-0.1, -0.05) is 62.0 Å². The molecule has 144 valence electrons. The molecule has 4 aromatic rings. The summed E-state index contributed by atoms with van der Waals surface area (Å²) in [7, 11) is 0. The van der Waals surface area contributed by atoms with Gasteiger partial charge in [-0.25, -0.2) is 0 Å². The Morgan fingerprint density at radius 3 is 2.57 bits per heavy atom. The van der Waals surface area contributed by atoms with Crippen LogP contribution in [0.3, 0.4) is 0 Å². The van der Waals surface area contributed by atoms with E-state index in [0.717, 1.165) is 22.8 Å². The first-order valence-corrected chi connectivity index (χ1v) is 10.6. The zero-order chi connectivity index (χ0) is 19.7. The fourth-order valence-electron chi connectivity index (χ4n) is 3.33. The number of rotatable bonds is 6. The Morgan fingerprint density at radius 2 is 1.79 bits per heavy atom. The van der Waals surface area contributed by atoms with Crippen LogP contribution in [0, 0.1) is 12.8 Å². The lowest BCUT2D eigenvalue weighted by molar-refractivity contribution is 0.512. The molecule has 0 fully saturated rings. The van der Waals surface area contributed by atoms with E-state index in [0.29, 0.717) is 23.6 Å². The Balaban J connectivity index is 1.82. The van der Waals surface area contributed by atoms with Gasteiger partial charge in [-0.05, 0) is 42.5 Å². The van der Waals surface area contributed by atoms with Gasteiger partial charge in [-0.3, -0.25) is 13.8 Å². The molecule has 0 bridgehead atoms. The van der Waals surface area contributed by atoms with Crippen LogP contribution in [0.2, 0.25) is 0 Å². The molecule has 0 saturated heterocycles. The minimum absolute atomic E-state index is 0.00611. The molecule has 2 aromatic heterocycles. The highest BCUT2D eigenvalue weighted by molar-refractivity contribution is 7.98. The molecule has 0 amide bonds. The highest BCUT2D eigenvalue weighted by Crippen LogP contribution is 2.26. The van der Waals surface area contributed by atoms with E-state index in [1.54, 1.807) is 16.3 Å². The molecule has 2 aromatic carbocycles. The maximum absolute atomic E-state index is 13.1. The van der Waals surface area contributed by atoms with Gasteiger partial charge in [-0.15, -0.1) is 10.2 Å². The first-order valence-electron chi connectivity index (χ1n) is 9.60. The van der Waals surface area contributed by atoms with Crippen LogP contribution in [0.5, 0.6) is 0 Å². The average Bonchev–Trinajstić information content (AvgIpc) is 3.11. The van der Waals surface area contributed by atoms with E-state index < -0.39 is 0 Å². The van der Waals surface area contributed by atoms with E-state index in [4.69, 9.17) is 0 Å². The summed E-state index contributed by atoms with van der Waals surface area (Å²) in [6.07, 6.45) is 0.923. The molecule has 0 atom stereocenters. The predicted molar refractivity (Wildman–Crippen MR) is 115 cm³/mol. The standard InChI is InChI=1S/C22H24N4OS/c1-15(2)12-13-25-20(27)18-10-6-7-11-19(18)26-21(25)23-24-22(26)28-14-17-9-5-4-8-16(17)3/h4-11,15H,12-14H2,1-3H3. The van der Waals surface area contributed by atoms with E-state index in [1.807, 2.05) is 28.7 Å². The van der Waals surface area contributed by atoms with Crippen LogP contribution in [-0.2, 0) is 12.3 Å². The summed E-state index contributed by atoms with van der Waals surface area (Å²) >= 11 is 1.65. The molecule has 0 radical (unpaired) electrons. The maximum atomic E-state index is 13.1. The zero-order valence-corrected chi connectivity index (χ0v) is 17.2. The van der Waals surface area contributed by atoms with Crippen molar-refractivity contribution in [2.75, 3.05) is 0 Å². The van der Waals surface area contributed by atoms with Crippen molar-refractivity contribution in [1.82, 2.24) is 19.2 Å². The Hall–Kier alpha value is -2.60. The van der Waals surface area contributed by atoms with Crippen LogP contribution in [0.1, 0.15) is 31.4 Å². The number of benzene rings is 2. The number of hydrogen-bond donors (Lipinski definition) is 0. The molecule has 0 aliphatic rings. The van der Waals surface area contributed by atoms with Gasteiger partial charge >= 0.3 is 0 Å². The van der Waals surface area contributed by atoms with Crippen molar-refractivity contribution in [3.8, 4) is 0 Å². The van der Waals surface area contributed by atoms with E-state index in [9.17, 15) is 4.79 Å². The summed E-state index contributed by atoms with van der Waals surface area (Å²) in [5, 5.41) is 10.4. The summed E-state index contributed by atoms with van der Waals surface area (Å²) in [4.78, 5) is 13.1. The van der Waals surface area contributed by atoms with E-state index in [1.165, 1.54) is 11.1 Å². The number of fused-ring (bicyclic) bond motifs is 3. The Kier molecular flexibility index (Phi) is 5.22. The first kappa shape index (κ1) is 18.7. The predicted octanol–water partition coefficient (Wildman–Crippen LogP) is 4.69. The van der Waals surface area contributed by atoms with Crippen molar-refractivity contribution in [3.63, 3.8) is 0 Å². The third-order valence-corrected chi connectivity index (χ3v) is 6.00. The molecular weight excluding hydrogens is 368 g/mol. The highest BCUT2D eigenvalue weighted by Gasteiger charge is 2.17. The SMILES string of the molecule is Cc1ccccc1CSc1nnc2n(CCC(C)C)c(=O)c3ccccc3n12. The lowest BCUT2D eigenvalue weighted by Gasteiger charge is -2.12. The molecule has 0 aliphatic heterocycles. The van der Waals surface area contributed by atoms with Crippen molar-refractivity contribution in [2.45, 2.75) is 44.6 Å². The van der Waals surface area contributed by atoms with Crippen LogP contribution in [0.25, 0.3) is 16.7 Å². The highest BCUT2D eigenvalue weighted by atomic mass is 32.2. The summed E-state index contributed by atoms with van der Waals surface area (Å²) in [5.41, 5.74) is 3.41. The summed E-state index contributed by atoms with van der Waals surface area (Å²) in [6.45, 7) is 7.09. The van der Waals surface area contributed by atoms with Crippen LogP contribution < -0.4 is 5.56 Å². The molecule has 0 spiro atoms. The topological polar surface area (TPSA) is 52.2 Å². The van der Waals surface area contributed by atoms with Crippen molar-refractivity contribution in [2.24, 2.45) is 5.92 Å². The zero-order valence-electron chi connectivity index (χ0n) is 16.4. The molecule has 5 nitrogen and oxygen atoms in total. The van der Waals surface area contributed by atoms with Crippen molar-refractivity contribution in [3.05, 3.63) is 70.0 Å². The summed E-state index contributed by atoms with van der Waals surface area (Å²) in [5.74, 6) is 1.94. The number of aromatic nitrogens is 4. The number of para-hydroxylation sites is 1. The summed E-state index contributed by atoms with van der Waals surface area (Å²) < 4.78 is 3.80. The van der Waals surface area contributed by atoms with Gasteiger partial charge in [0.1, 0.15) is 0 Å². The third kappa shape index (κ3) is 3.44. The van der Waals surface area contributed by atoms with Gasteiger partial charge in [0.2, 0.25) is 5.78 Å². The Bertz CT molecular complexity index is 1190. The lowest BCUT2D eigenvalue weighted by Crippen LogP contribution is -2.24. The third-order valence-electron chi connectivity index (χ3n) is 5.03. The normalized spacial score (nSPS) is 11.7. The molecule has 28 heavy (non-hydrogen) atoms. The fraction of sp³-hybridized carbons (Fsp3) is 0.318. The van der Waals surface area contributed by atoms with Gasteiger partial charge in [0.05, 0.1) is 10.9 Å². The molecule has 6 heteroatoms. The quantitative estimate of drug-likeness (QED) is 0.447. The maximum Gasteiger partial charge on any atom is 0.262 e. The monoisotopic (exact) mass is 392 g/mol. The van der Waals surface area contributed by atoms with Crippen LogP contribution in [0.4, 0.5) is 0 Å². The number of aryl methyl sites for hydroxylation is 2. The first-order chi connectivity index (χ1) is 13.6. The van der Waals surface area contributed by atoms with Crippen LogP contribution in [0.15, 0.2) is 58.5 Å². The summed E-state index contributed by atoms with van der Waals surface area (Å²) in [6, 6.07) is 16.1. The molecule has 0 saturated carbocycles. The van der Waals surface area contributed by atoms with Crippen molar-refractivity contribution < 1.29 is 0 Å². The van der Waals surface area contributed by atoms with E-state index in [-0.39, 0.29) is 5.56 Å². The largest absolute Gasteiger partial charge is 0.276 e. The van der Waals surface area contributed by atoms with E-state index >= 15 is 0 Å². The van der Waals surface area contributed by atoms with Gasteiger partial charge in [0.25, 0.3) is 5.56 Å². The number of hydrogen-bond acceptors (Lipinski definition) is 4. The Labute approximate surface area is 168 Å². The Morgan fingerprint density at radius 1 is 1.04 bits per heavy atom. The van der Waals surface area contributed by atoms with Gasteiger partial charge in [0, 0.05) is 12.3 Å². The lowest BCUT2D eigenvalue weighted by atomic mass is 10.1. The second-order valence-electron chi connectivity index (χ2n) is 7.49. The molecular formula is C22H24N4OS.